The number of rotatable bonds is 4. The molecule has 120 valence electrons. The van der Waals surface area contributed by atoms with Crippen molar-refractivity contribution in [1.29, 1.82) is 0 Å². The summed E-state index contributed by atoms with van der Waals surface area (Å²) in [5, 5.41) is 2.56. The molecule has 3 heterocycles. The van der Waals surface area contributed by atoms with E-state index in [2.05, 4.69) is 15.3 Å². The zero-order chi connectivity index (χ0) is 16.6. The summed E-state index contributed by atoms with van der Waals surface area (Å²) in [6.07, 6.45) is 3.79. The highest BCUT2D eigenvalue weighted by molar-refractivity contribution is 6.06. The molecule has 0 saturated carbocycles. The topological polar surface area (TPSA) is 80.1 Å². The lowest BCUT2D eigenvalue weighted by Crippen LogP contribution is -2.41. The van der Waals surface area contributed by atoms with E-state index in [0.717, 1.165) is 11.1 Å². The molecular formula is C14H13F2N5O2. The minimum atomic E-state index is -2.80. The summed E-state index contributed by atoms with van der Waals surface area (Å²) in [4.78, 5) is 33.5. The smallest absolute Gasteiger partial charge is 0.318 e. The molecule has 1 saturated heterocycles. The van der Waals surface area contributed by atoms with Crippen molar-refractivity contribution in [1.82, 2.24) is 24.8 Å². The molecule has 7 nitrogen and oxygen atoms in total. The highest BCUT2D eigenvalue weighted by Crippen LogP contribution is 2.28. The van der Waals surface area contributed by atoms with E-state index in [1.807, 2.05) is 0 Å². The van der Waals surface area contributed by atoms with Gasteiger partial charge >= 0.3 is 12.6 Å². The summed E-state index contributed by atoms with van der Waals surface area (Å²) in [6, 6.07) is 4.32. The van der Waals surface area contributed by atoms with E-state index >= 15 is 0 Å². The Hall–Kier alpha value is -2.84. The molecular weight excluding hydrogens is 308 g/mol. The van der Waals surface area contributed by atoms with Crippen LogP contribution < -0.4 is 5.32 Å². The first kappa shape index (κ1) is 15.1. The van der Waals surface area contributed by atoms with Crippen LogP contribution >= 0.6 is 0 Å². The first-order valence-corrected chi connectivity index (χ1v) is 6.79. The Morgan fingerprint density at radius 1 is 1.26 bits per heavy atom. The van der Waals surface area contributed by atoms with Crippen molar-refractivity contribution in [3.63, 3.8) is 0 Å². The average Bonchev–Trinajstić information content (AvgIpc) is 3.08. The third-order valence-corrected chi connectivity index (χ3v) is 3.71. The van der Waals surface area contributed by atoms with E-state index in [1.54, 1.807) is 18.2 Å². The van der Waals surface area contributed by atoms with Crippen molar-refractivity contribution < 1.29 is 18.4 Å². The Morgan fingerprint density at radius 3 is 2.70 bits per heavy atom. The Morgan fingerprint density at radius 2 is 2.04 bits per heavy atom. The number of pyridine rings is 1. The number of carbonyl (C=O) groups excluding carboxylic acids is 2. The number of halogens is 2. The summed E-state index contributed by atoms with van der Waals surface area (Å²) >= 11 is 0. The standard InChI is InChI=1S/C14H13F2N5O2/c1-14(9-4-2-3-5-17-9)11(22)21(13(23)19-14)8-10-18-6-7-20(10)12(15)16/h2-7,12H,8H2,1H3,(H,19,23). The van der Waals surface area contributed by atoms with E-state index < -0.39 is 24.0 Å². The van der Waals surface area contributed by atoms with Crippen molar-refractivity contribution in [2.45, 2.75) is 25.6 Å². The fourth-order valence-corrected chi connectivity index (χ4v) is 2.46. The summed E-state index contributed by atoms with van der Waals surface area (Å²) in [7, 11) is 0. The molecule has 0 radical (unpaired) electrons. The SMILES string of the molecule is CC1(c2ccccn2)NC(=O)N(Cc2nccn2C(F)F)C1=O. The number of hydrogen-bond donors (Lipinski definition) is 1. The molecule has 3 rings (SSSR count). The summed E-state index contributed by atoms with van der Waals surface area (Å²) in [6.45, 7) is -1.62. The van der Waals surface area contributed by atoms with Gasteiger partial charge in [-0.25, -0.2) is 9.78 Å². The third kappa shape index (κ3) is 2.43. The van der Waals surface area contributed by atoms with Crippen LogP contribution in [-0.2, 0) is 16.9 Å². The second kappa shape index (κ2) is 5.41. The maximum Gasteiger partial charge on any atom is 0.325 e. The van der Waals surface area contributed by atoms with Gasteiger partial charge in [0, 0.05) is 18.6 Å². The predicted octanol–water partition coefficient (Wildman–Crippen LogP) is 1.64. The molecule has 9 heteroatoms. The van der Waals surface area contributed by atoms with Crippen LogP contribution in [0.1, 0.15) is 25.0 Å². The average molecular weight is 321 g/mol. The lowest BCUT2D eigenvalue weighted by atomic mass is 9.97. The van der Waals surface area contributed by atoms with Crippen LogP contribution in [0.3, 0.4) is 0 Å². The van der Waals surface area contributed by atoms with Gasteiger partial charge in [-0.1, -0.05) is 6.07 Å². The van der Waals surface area contributed by atoms with Crippen molar-refractivity contribution in [3.05, 3.63) is 48.3 Å². The Bertz CT molecular complexity index is 749. The van der Waals surface area contributed by atoms with Crippen LogP contribution in [-0.4, -0.2) is 31.4 Å². The number of amides is 3. The summed E-state index contributed by atoms with van der Waals surface area (Å²) in [5.41, 5.74) is -0.960. The van der Waals surface area contributed by atoms with Crippen LogP contribution in [0.25, 0.3) is 0 Å². The molecule has 1 unspecified atom stereocenters. The maximum atomic E-state index is 12.9. The molecule has 0 aliphatic carbocycles. The van der Waals surface area contributed by atoms with Crippen LogP contribution in [0, 0.1) is 0 Å². The Balaban J connectivity index is 1.89. The second-order valence-corrected chi connectivity index (χ2v) is 5.19. The van der Waals surface area contributed by atoms with Gasteiger partial charge < -0.3 is 5.32 Å². The van der Waals surface area contributed by atoms with Crippen molar-refractivity contribution in [2.75, 3.05) is 0 Å². The van der Waals surface area contributed by atoms with Gasteiger partial charge in [-0.15, -0.1) is 0 Å². The third-order valence-electron chi connectivity index (χ3n) is 3.71. The number of nitrogens with zero attached hydrogens (tertiary/aromatic N) is 4. The molecule has 0 spiro atoms. The van der Waals surface area contributed by atoms with Crippen LogP contribution in [0.2, 0.25) is 0 Å². The lowest BCUT2D eigenvalue weighted by molar-refractivity contribution is -0.131. The monoisotopic (exact) mass is 321 g/mol. The minimum absolute atomic E-state index is 0.0752. The van der Waals surface area contributed by atoms with Gasteiger partial charge in [0.05, 0.1) is 12.2 Å². The van der Waals surface area contributed by atoms with Crippen LogP contribution in [0.5, 0.6) is 0 Å². The van der Waals surface area contributed by atoms with Gasteiger partial charge in [-0.2, -0.15) is 8.78 Å². The normalized spacial score (nSPS) is 21.1. The molecule has 23 heavy (non-hydrogen) atoms. The largest absolute Gasteiger partial charge is 0.325 e. The number of aromatic nitrogens is 3. The molecule has 1 N–H and O–H groups in total. The Labute approximate surface area is 129 Å². The number of urea groups is 1. The number of imidazole rings is 1. The first-order chi connectivity index (χ1) is 10.9. The molecule has 1 aliphatic rings. The van der Waals surface area contributed by atoms with E-state index in [9.17, 15) is 18.4 Å². The van der Waals surface area contributed by atoms with E-state index in [0.29, 0.717) is 10.3 Å². The number of hydrogen-bond acceptors (Lipinski definition) is 4. The zero-order valence-corrected chi connectivity index (χ0v) is 12.1. The first-order valence-electron chi connectivity index (χ1n) is 6.79. The molecule has 1 aliphatic heterocycles. The molecule has 3 amide bonds. The summed E-state index contributed by atoms with van der Waals surface area (Å²) < 4.78 is 26.3. The number of imide groups is 1. The number of carbonyl (C=O) groups is 2. The molecule has 1 atom stereocenters. The van der Waals surface area contributed by atoms with Gasteiger partial charge in [-0.05, 0) is 19.1 Å². The van der Waals surface area contributed by atoms with Gasteiger partial charge in [0.25, 0.3) is 5.91 Å². The maximum absolute atomic E-state index is 12.9. The van der Waals surface area contributed by atoms with Crippen LogP contribution in [0.4, 0.5) is 13.6 Å². The van der Waals surface area contributed by atoms with Gasteiger partial charge in [0.1, 0.15) is 5.82 Å². The molecule has 2 aromatic rings. The van der Waals surface area contributed by atoms with E-state index in [-0.39, 0.29) is 12.4 Å². The lowest BCUT2D eigenvalue weighted by Gasteiger charge is -2.20. The minimum Gasteiger partial charge on any atom is -0.318 e. The highest BCUT2D eigenvalue weighted by atomic mass is 19.3. The quantitative estimate of drug-likeness (QED) is 0.868. The van der Waals surface area contributed by atoms with Crippen molar-refractivity contribution in [3.8, 4) is 0 Å². The molecule has 1 fully saturated rings. The highest BCUT2D eigenvalue weighted by Gasteiger charge is 2.50. The molecule has 0 aromatic carbocycles. The van der Waals surface area contributed by atoms with Crippen molar-refractivity contribution in [2.24, 2.45) is 0 Å². The summed E-state index contributed by atoms with van der Waals surface area (Å²) in [5.74, 6) is -0.640. The van der Waals surface area contributed by atoms with E-state index in [4.69, 9.17) is 0 Å². The number of alkyl halides is 2. The van der Waals surface area contributed by atoms with Crippen LogP contribution in [0.15, 0.2) is 36.8 Å². The fourth-order valence-electron chi connectivity index (χ4n) is 2.46. The fraction of sp³-hybridized carbons (Fsp3) is 0.286. The van der Waals surface area contributed by atoms with Gasteiger partial charge in [0.2, 0.25) is 0 Å². The van der Waals surface area contributed by atoms with Gasteiger partial charge in [-0.3, -0.25) is 19.2 Å². The molecule has 2 aromatic heterocycles. The van der Waals surface area contributed by atoms with Gasteiger partial charge in [0.15, 0.2) is 5.54 Å². The number of nitrogens with one attached hydrogen (secondary N) is 1. The van der Waals surface area contributed by atoms with Crippen molar-refractivity contribution >= 4 is 11.9 Å². The van der Waals surface area contributed by atoms with E-state index in [1.165, 1.54) is 19.3 Å². The molecule has 0 bridgehead atoms. The zero-order valence-electron chi connectivity index (χ0n) is 12.1. The predicted molar refractivity (Wildman–Crippen MR) is 74.2 cm³/mol. The second-order valence-electron chi connectivity index (χ2n) is 5.19. The Kier molecular flexibility index (Phi) is 3.55.